The van der Waals surface area contributed by atoms with Crippen LogP contribution in [0.3, 0.4) is 0 Å². The van der Waals surface area contributed by atoms with Gasteiger partial charge in [0.25, 0.3) is 0 Å². The molecule has 0 aromatic carbocycles. The molecule has 0 fully saturated rings. The summed E-state index contributed by atoms with van der Waals surface area (Å²) in [6, 6.07) is 0. The van der Waals surface area contributed by atoms with Gasteiger partial charge in [-0.3, -0.25) is 4.79 Å². The molecule has 1 aromatic rings. The third kappa shape index (κ3) is 3.06. The Bertz CT molecular complexity index is 521. The zero-order valence-corrected chi connectivity index (χ0v) is 11.4. The van der Waals surface area contributed by atoms with Gasteiger partial charge in [0, 0.05) is 6.54 Å². The van der Waals surface area contributed by atoms with Crippen LogP contribution >= 0.6 is 0 Å². The average molecular weight is 275 g/mol. The molecular weight excluding hydrogens is 258 g/mol. The zero-order chi connectivity index (χ0) is 13.9. The van der Waals surface area contributed by atoms with E-state index in [0.717, 1.165) is 0 Å². The van der Waals surface area contributed by atoms with Gasteiger partial charge in [0.2, 0.25) is 0 Å². The van der Waals surface area contributed by atoms with E-state index in [9.17, 15) is 13.2 Å². The predicted molar refractivity (Wildman–Crippen MR) is 64.6 cm³/mol. The number of aryl methyl sites for hydroxylation is 1. The lowest BCUT2D eigenvalue weighted by Crippen LogP contribution is -2.36. The summed E-state index contributed by atoms with van der Waals surface area (Å²) in [6.07, 6.45) is 1.26. The summed E-state index contributed by atoms with van der Waals surface area (Å²) in [5.41, 5.74) is 0. The predicted octanol–water partition coefficient (Wildman–Crippen LogP) is 0.322. The molecule has 0 radical (unpaired) electrons. The van der Waals surface area contributed by atoms with Gasteiger partial charge in [-0.2, -0.15) is 5.10 Å². The Kier molecular flexibility index (Phi) is 4.44. The van der Waals surface area contributed by atoms with Gasteiger partial charge in [0.15, 0.2) is 15.1 Å². The molecule has 0 spiro atoms. The Morgan fingerprint density at radius 2 is 2.11 bits per heavy atom. The first kappa shape index (κ1) is 14.6. The van der Waals surface area contributed by atoms with Crippen molar-refractivity contribution in [3.05, 3.63) is 12.2 Å². The highest BCUT2D eigenvalue weighted by atomic mass is 32.2. The van der Waals surface area contributed by atoms with Gasteiger partial charge < -0.3 is 5.11 Å². The second-order valence-electron chi connectivity index (χ2n) is 4.30. The van der Waals surface area contributed by atoms with E-state index < -0.39 is 32.7 Å². The van der Waals surface area contributed by atoms with E-state index in [2.05, 4.69) is 10.1 Å². The number of aliphatic carboxylic acids is 1. The van der Waals surface area contributed by atoms with Gasteiger partial charge in [-0.1, -0.05) is 13.8 Å². The standard InChI is InChI=1S/C10H17N3O4S/c1-4-13-8(11-6-12-13)5-18(16,17)9(7(2)3)10(14)15/h6-7,9H,4-5H2,1-3H3,(H,14,15). The lowest BCUT2D eigenvalue weighted by molar-refractivity contribution is -0.137. The molecule has 0 amide bonds. The van der Waals surface area contributed by atoms with Crippen molar-refractivity contribution >= 4 is 15.8 Å². The van der Waals surface area contributed by atoms with Crippen molar-refractivity contribution in [2.75, 3.05) is 0 Å². The van der Waals surface area contributed by atoms with Crippen molar-refractivity contribution in [1.82, 2.24) is 14.8 Å². The van der Waals surface area contributed by atoms with Crippen molar-refractivity contribution in [3.63, 3.8) is 0 Å². The Morgan fingerprint density at radius 3 is 2.56 bits per heavy atom. The van der Waals surface area contributed by atoms with E-state index in [1.54, 1.807) is 13.8 Å². The Morgan fingerprint density at radius 1 is 1.50 bits per heavy atom. The number of hydrogen-bond donors (Lipinski definition) is 1. The molecule has 102 valence electrons. The van der Waals surface area contributed by atoms with Crippen LogP contribution in [-0.2, 0) is 26.9 Å². The molecule has 18 heavy (non-hydrogen) atoms. The van der Waals surface area contributed by atoms with Crippen molar-refractivity contribution in [3.8, 4) is 0 Å². The van der Waals surface area contributed by atoms with Crippen LogP contribution in [0.25, 0.3) is 0 Å². The van der Waals surface area contributed by atoms with E-state index in [4.69, 9.17) is 5.11 Å². The van der Waals surface area contributed by atoms with Crippen LogP contribution in [0.4, 0.5) is 0 Å². The Labute approximate surface area is 106 Å². The maximum atomic E-state index is 12.1. The quantitative estimate of drug-likeness (QED) is 0.802. The molecule has 0 aliphatic rings. The normalized spacial score (nSPS) is 13.8. The highest BCUT2D eigenvalue weighted by Crippen LogP contribution is 2.17. The smallest absolute Gasteiger partial charge is 0.322 e. The van der Waals surface area contributed by atoms with E-state index >= 15 is 0 Å². The number of nitrogens with zero attached hydrogens (tertiary/aromatic N) is 3. The number of carbonyl (C=O) groups is 1. The third-order valence-corrected chi connectivity index (χ3v) is 4.74. The molecule has 1 rings (SSSR count). The number of rotatable bonds is 6. The summed E-state index contributed by atoms with van der Waals surface area (Å²) in [7, 11) is -3.80. The summed E-state index contributed by atoms with van der Waals surface area (Å²) in [4.78, 5) is 14.9. The van der Waals surface area contributed by atoms with Gasteiger partial charge >= 0.3 is 5.97 Å². The van der Waals surface area contributed by atoms with Crippen LogP contribution < -0.4 is 0 Å². The number of aromatic nitrogens is 3. The summed E-state index contributed by atoms with van der Waals surface area (Å²) < 4.78 is 25.6. The molecule has 0 aliphatic heterocycles. The van der Waals surface area contributed by atoms with Gasteiger partial charge in [0.05, 0.1) is 0 Å². The van der Waals surface area contributed by atoms with Crippen LogP contribution in [0.5, 0.6) is 0 Å². The first-order chi connectivity index (χ1) is 8.29. The molecule has 0 saturated heterocycles. The maximum Gasteiger partial charge on any atom is 0.322 e. The molecule has 1 heterocycles. The Hall–Kier alpha value is -1.44. The average Bonchev–Trinajstić information content (AvgIpc) is 2.61. The lowest BCUT2D eigenvalue weighted by Gasteiger charge is -2.16. The number of hydrogen-bond acceptors (Lipinski definition) is 5. The highest BCUT2D eigenvalue weighted by Gasteiger charge is 2.36. The summed E-state index contributed by atoms with van der Waals surface area (Å²) >= 11 is 0. The molecule has 0 aliphatic carbocycles. The SMILES string of the molecule is CCn1ncnc1CS(=O)(=O)C(C(=O)O)C(C)C. The number of carboxylic acid groups (broad SMARTS) is 1. The lowest BCUT2D eigenvalue weighted by atomic mass is 10.1. The number of carboxylic acids is 1. The van der Waals surface area contributed by atoms with Crippen LogP contribution in [-0.4, -0.2) is 39.5 Å². The first-order valence-corrected chi connectivity index (χ1v) is 7.32. The van der Waals surface area contributed by atoms with Crippen LogP contribution in [0.15, 0.2) is 6.33 Å². The maximum absolute atomic E-state index is 12.1. The fraction of sp³-hybridized carbons (Fsp3) is 0.700. The van der Waals surface area contributed by atoms with Crippen molar-refractivity contribution in [2.45, 2.75) is 38.3 Å². The van der Waals surface area contributed by atoms with Gasteiger partial charge in [-0.25, -0.2) is 18.1 Å². The monoisotopic (exact) mass is 275 g/mol. The molecule has 1 N–H and O–H groups in total. The molecule has 8 heteroatoms. The summed E-state index contributed by atoms with van der Waals surface area (Å²) in [6.45, 7) is 5.44. The topological polar surface area (TPSA) is 102 Å². The van der Waals surface area contributed by atoms with Crippen LogP contribution in [0.2, 0.25) is 0 Å². The largest absolute Gasteiger partial charge is 0.480 e. The van der Waals surface area contributed by atoms with Crippen LogP contribution in [0, 0.1) is 5.92 Å². The summed E-state index contributed by atoms with van der Waals surface area (Å²) in [5, 5.41) is 11.5. The zero-order valence-electron chi connectivity index (χ0n) is 10.6. The molecule has 1 atom stereocenters. The minimum absolute atomic E-state index is 0.268. The van der Waals surface area contributed by atoms with Gasteiger partial charge in [0.1, 0.15) is 17.9 Å². The van der Waals surface area contributed by atoms with E-state index in [1.807, 2.05) is 6.92 Å². The molecule has 7 nitrogen and oxygen atoms in total. The summed E-state index contributed by atoms with van der Waals surface area (Å²) in [5.74, 6) is -1.96. The van der Waals surface area contributed by atoms with Crippen LogP contribution in [0.1, 0.15) is 26.6 Å². The van der Waals surface area contributed by atoms with Crippen molar-refractivity contribution in [2.24, 2.45) is 5.92 Å². The molecule has 1 aromatic heterocycles. The fourth-order valence-electron chi connectivity index (χ4n) is 1.79. The third-order valence-electron chi connectivity index (χ3n) is 2.56. The van der Waals surface area contributed by atoms with E-state index in [1.165, 1.54) is 11.0 Å². The molecular formula is C10H17N3O4S. The van der Waals surface area contributed by atoms with Crippen molar-refractivity contribution < 1.29 is 18.3 Å². The molecule has 0 bridgehead atoms. The molecule has 0 saturated carbocycles. The minimum Gasteiger partial charge on any atom is -0.480 e. The van der Waals surface area contributed by atoms with Gasteiger partial charge in [-0.15, -0.1) is 0 Å². The van der Waals surface area contributed by atoms with E-state index in [-0.39, 0.29) is 5.82 Å². The minimum atomic E-state index is -3.80. The first-order valence-electron chi connectivity index (χ1n) is 5.60. The van der Waals surface area contributed by atoms with Gasteiger partial charge in [-0.05, 0) is 12.8 Å². The fourth-order valence-corrected chi connectivity index (χ4v) is 3.69. The Balaban J connectivity index is 3.04. The second-order valence-corrected chi connectivity index (χ2v) is 6.42. The van der Waals surface area contributed by atoms with E-state index in [0.29, 0.717) is 6.54 Å². The number of sulfone groups is 1. The highest BCUT2D eigenvalue weighted by molar-refractivity contribution is 7.92. The van der Waals surface area contributed by atoms with Crippen molar-refractivity contribution in [1.29, 1.82) is 0 Å². The molecule has 1 unspecified atom stereocenters. The second kappa shape index (κ2) is 5.47.